The zero-order valence-corrected chi connectivity index (χ0v) is 18.1. The van der Waals surface area contributed by atoms with Crippen LogP contribution in [0.25, 0.3) is 11.2 Å². The summed E-state index contributed by atoms with van der Waals surface area (Å²) in [4.78, 5) is 27.6. The van der Waals surface area contributed by atoms with Gasteiger partial charge in [0.1, 0.15) is 18.2 Å². The minimum atomic E-state index is -1.05. The van der Waals surface area contributed by atoms with Crippen LogP contribution in [0.3, 0.4) is 0 Å². The molecule has 3 aromatic rings. The van der Waals surface area contributed by atoms with Gasteiger partial charge < -0.3 is 25.6 Å². The first kappa shape index (κ1) is 22.3. The zero-order valence-electron chi connectivity index (χ0n) is 18.1. The van der Waals surface area contributed by atoms with Gasteiger partial charge in [0.15, 0.2) is 23.2 Å². The van der Waals surface area contributed by atoms with Gasteiger partial charge in [-0.2, -0.15) is 0 Å². The Labute approximate surface area is 185 Å². The molecule has 2 aromatic heterocycles. The lowest BCUT2D eigenvalue weighted by atomic mass is 9.89. The number of anilines is 1. The van der Waals surface area contributed by atoms with Crippen LogP contribution in [-0.2, 0) is 16.0 Å². The summed E-state index contributed by atoms with van der Waals surface area (Å²) in [6, 6.07) is 8.83. The smallest absolute Gasteiger partial charge is 0.167 e. The highest BCUT2D eigenvalue weighted by Crippen LogP contribution is 2.38. The summed E-state index contributed by atoms with van der Waals surface area (Å²) in [5, 5.41) is 20.9. The minimum absolute atomic E-state index is 0.00144. The summed E-state index contributed by atoms with van der Waals surface area (Å²) in [6.45, 7) is -0.329. The maximum Gasteiger partial charge on any atom is 0.167 e. The Morgan fingerprint density at radius 3 is 2.69 bits per heavy atom. The van der Waals surface area contributed by atoms with Gasteiger partial charge in [-0.3, -0.25) is 9.36 Å². The molecule has 3 heterocycles. The van der Waals surface area contributed by atoms with Crippen molar-refractivity contribution < 1.29 is 19.7 Å². The van der Waals surface area contributed by atoms with E-state index in [0.717, 1.165) is 5.56 Å². The van der Waals surface area contributed by atoms with Crippen molar-refractivity contribution in [3.63, 3.8) is 0 Å². The van der Waals surface area contributed by atoms with Gasteiger partial charge in [-0.1, -0.05) is 30.3 Å². The number of carbonyl (C=O) groups is 1. The fourth-order valence-corrected chi connectivity index (χ4v) is 4.17. The van der Waals surface area contributed by atoms with Gasteiger partial charge in [0.05, 0.1) is 25.1 Å². The molecule has 0 aliphatic carbocycles. The Morgan fingerprint density at radius 1 is 1.25 bits per heavy atom. The standard InChI is InChI=1S/C22H28N6O4/c1-27(2)20-18-21(25-11-24-20)28(12-26-18)22-19(31)14(17(10-29)32-22)9-16(30)15(23)8-13-6-4-3-5-7-13/h3-7,11-12,14-15,17,19,22,29,31H,8-10,23H2,1-2H3/t14-,15-,17+,19?,22+/m0/s1. The van der Waals surface area contributed by atoms with E-state index in [4.69, 9.17) is 10.5 Å². The first-order valence-corrected chi connectivity index (χ1v) is 10.5. The fourth-order valence-electron chi connectivity index (χ4n) is 4.17. The van der Waals surface area contributed by atoms with Gasteiger partial charge in [0, 0.05) is 26.4 Å². The number of rotatable bonds is 8. The lowest BCUT2D eigenvalue weighted by Gasteiger charge is -2.20. The van der Waals surface area contributed by atoms with Gasteiger partial charge in [-0.25, -0.2) is 15.0 Å². The molecule has 32 heavy (non-hydrogen) atoms. The highest BCUT2D eigenvalue weighted by Gasteiger charge is 2.46. The number of hydrogen-bond donors (Lipinski definition) is 3. The largest absolute Gasteiger partial charge is 0.394 e. The van der Waals surface area contributed by atoms with Crippen LogP contribution in [0.4, 0.5) is 5.82 Å². The van der Waals surface area contributed by atoms with Crippen LogP contribution < -0.4 is 10.6 Å². The molecule has 10 heteroatoms. The first-order chi connectivity index (χ1) is 15.4. The van der Waals surface area contributed by atoms with Crippen LogP contribution in [-0.4, -0.2) is 74.5 Å². The predicted octanol–water partition coefficient (Wildman–Crippen LogP) is 0.288. The number of nitrogens with two attached hydrogens (primary N) is 1. The molecule has 1 aromatic carbocycles. The molecule has 4 N–H and O–H groups in total. The fraction of sp³-hybridized carbons (Fsp3) is 0.455. The number of aliphatic hydroxyl groups excluding tert-OH is 2. The molecule has 10 nitrogen and oxygen atoms in total. The highest BCUT2D eigenvalue weighted by atomic mass is 16.5. The van der Waals surface area contributed by atoms with E-state index in [1.54, 1.807) is 4.57 Å². The molecular weight excluding hydrogens is 412 g/mol. The van der Waals surface area contributed by atoms with Crippen LogP contribution in [0.15, 0.2) is 43.0 Å². The Kier molecular flexibility index (Phi) is 6.47. The Hall–Kier alpha value is -2.92. The summed E-state index contributed by atoms with van der Waals surface area (Å²) >= 11 is 0. The molecule has 4 rings (SSSR count). The average molecular weight is 441 g/mol. The van der Waals surface area contributed by atoms with Crippen LogP contribution in [0, 0.1) is 5.92 Å². The number of hydrogen-bond acceptors (Lipinski definition) is 9. The molecule has 1 aliphatic rings. The van der Waals surface area contributed by atoms with Gasteiger partial charge in [-0.05, 0) is 12.0 Å². The van der Waals surface area contributed by atoms with Crippen molar-refractivity contribution in [2.24, 2.45) is 11.7 Å². The highest BCUT2D eigenvalue weighted by molar-refractivity contribution is 5.84. The maximum atomic E-state index is 12.8. The third kappa shape index (κ3) is 4.22. The molecule has 0 saturated carbocycles. The molecule has 0 radical (unpaired) electrons. The summed E-state index contributed by atoms with van der Waals surface area (Å²) in [6.07, 6.45) is 0.759. The molecule has 1 aliphatic heterocycles. The molecular formula is C22H28N6O4. The molecule has 5 atom stereocenters. The van der Waals surface area contributed by atoms with Gasteiger partial charge >= 0.3 is 0 Å². The van der Waals surface area contributed by atoms with E-state index in [-0.39, 0.29) is 18.8 Å². The van der Waals surface area contributed by atoms with Crippen molar-refractivity contribution in [3.8, 4) is 0 Å². The van der Waals surface area contributed by atoms with Crippen LogP contribution in [0.1, 0.15) is 18.2 Å². The van der Waals surface area contributed by atoms with Crippen molar-refractivity contribution in [1.82, 2.24) is 19.5 Å². The van der Waals surface area contributed by atoms with Crippen LogP contribution in [0.2, 0.25) is 0 Å². The molecule has 1 saturated heterocycles. The third-order valence-electron chi connectivity index (χ3n) is 5.89. The summed E-state index contributed by atoms with van der Waals surface area (Å²) < 4.78 is 7.56. The quantitative estimate of drug-likeness (QED) is 0.451. The first-order valence-electron chi connectivity index (χ1n) is 10.5. The number of ketones is 1. The number of nitrogens with zero attached hydrogens (tertiary/aromatic N) is 5. The lowest BCUT2D eigenvalue weighted by molar-refractivity contribution is -0.122. The molecule has 170 valence electrons. The number of imidazole rings is 1. The molecule has 0 amide bonds. The number of Topliss-reactive ketones (excluding diaryl/α,β-unsaturated/α-hetero) is 1. The van der Waals surface area contributed by atoms with E-state index in [2.05, 4.69) is 15.0 Å². The normalized spacial score (nSPS) is 24.0. The predicted molar refractivity (Wildman–Crippen MR) is 118 cm³/mol. The van der Waals surface area contributed by atoms with Crippen molar-refractivity contribution in [1.29, 1.82) is 0 Å². The zero-order chi connectivity index (χ0) is 22.8. The van der Waals surface area contributed by atoms with Crippen LogP contribution in [0.5, 0.6) is 0 Å². The molecule has 1 unspecified atom stereocenters. The van der Waals surface area contributed by atoms with E-state index in [1.165, 1.54) is 12.7 Å². The number of fused-ring (bicyclic) bond motifs is 1. The number of aromatic nitrogens is 4. The minimum Gasteiger partial charge on any atom is -0.394 e. The monoisotopic (exact) mass is 440 g/mol. The van der Waals surface area contributed by atoms with E-state index < -0.39 is 30.4 Å². The molecule has 1 fully saturated rings. The van der Waals surface area contributed by atoms with Crippen LogP contribution >= 0.6 is 0 Å². The average Bonchev–Trinajstić information content (AvgIpc) is 3.35. The third-order valence-corrected chi connectivity index (χ3v) is 5.89. The second kappa shape index (κ2) is 9.29. The van der Waals surface area contributed by atoms with Crippen molar-refractivity contribution >= 4 is 22.8 Å². The second-order valence-corrected chi connectivity index (χ2v) is 8.28. The van der Waals surface area contributed by atoms with E-state index in [1.807, 2.05) is 49.3 Å². The number of aliphatic hydroxyl groups is 2. The SMILES string of the molecule is CN(C)c1ncnc2c1ncn2[C@@H]1O[C@H](CO)[C@H](CC(=O)[C@@H](N)Cc2ccccc2)C1O. The lowest BCUT2D eigenvalue weighted by Crippen LogP contribution is -2.38. The summed E-state index contributed by atoms with van der Waals surface area (Å²) in [5.74, 6) is -0.154. The Morgan fingerprint density at radius 2 is 2.00 bits per heavy atom. The number of benzene rings is 1. The van der Waals surface area contributed by atoms with E-state index >= 15 is 0 Å². The summed E-state index contributed by atoms with van der Waals surface area (Å²) in [7, 11) is 3.70. The van der Waals surface area contributed by atoms with Gasteiger partial charge in [-0.15, -0.1) is 0 Å². The second-order valence-electron chi connectivity index (χ2n) is 8.28. The molecule has 0 spiro atoms. The van der Waals surface area contributed by atoms with Crippen molar-refractivity contribution in [2.45, 2.75) is 37.3 Å². The molecule has 0 bridgehead atoms. The van der Waals surface area contributed by atoms with Gasteiger partial charge in [0.2, 0.25) is 0 Å². The van der Waals surface area contributed by atoms with Crippen molar-refractivity contribution in [2.75, 3.05) is 25.6 Å². The Balaban J connectivity index is 1.53. The topological polar surface area (TPSA) is 140 Å². The summed E-state index contributed by atoms with van der Waals surface area (Å²) in [5.41, 5.74) is 8.17. The maximum absolute atomic E-state index is 12.8. The van der Waals surface area contributed by atoms with Gasteiger partial charge in [0.25, 0.3) is 0 Å². The number of carbonyl (C=O) groups excluding carboxylic acids is 1. The Bertz CT molecular complexity index is 1070. The van der Waals surface area contributed by atoms with E-state index in [0.29, 0.717) is 23.4 Å². The van der Waals surface area contributed by atoms with E-state index in [9.17, 15) is 15.0 Å². The number of ether oxygens (including phenoxy) is 1. The van der Waals surface area contributed by atoms with Crippen molar-refractivity contribution in [3.05, 3.63) is 48.5 Å².